The van der Waals surface area contributed by atoms with Crippen LogP contribution in [0.25, 0.3) is 0 Å². The van der Waals surface area contributed by atoms with Gasteiger partial charge < -0.3 is 28.4 Å². The first-order chi connectivity index (χ1) is 30.6. The van der Waals surface area contributed by atoms with Gasteiger partial charge in [0.25, 0.3) is 11.6 Å². The Morgan fingerprint density at radius 3 is 0.656 bits per heavy atom. The summed E-state index contributed by atoms with van der Waals surface area (Å²) >= 11 is 0. The molecule has 10 heteroatoms. The highest BCUT2D eigenvalue weighted by atomic mass is 16.7. The Kier molecular flexibility index (Phi) is 20.5. The molecule has 0 atom stereocenters. The van der Waals surface area contributed by atoms with Crippen LogP contribution in [0, 0.1) is 0 Å². The van der Waals surface area contributed by atoms with E-state index in [1.165, 1.54) is 28.4 Å². The fourth-order valence-electron chi connectivity index (χ4n) is 6.20. The van der Waals surface area contributed by atoms with Gasteiger partial charge in [0.15, 0.2) is 11.6 Å². The molecule has 0 amide bonds. The van der Waals surface area contributed by atoms with Crippen LogP contribution in [0.5, 0.6) is 0 Å². The lowest BCUT2D eigenvalue weighted by atomic mass is 9.96. The molecule has 64 heavy (non-hydrogen) atoms. The zero-order chi connectivity index (χ0) is 47.2. The largest absolute Gasteiger partial charge is 0.371 e. The van der Waals surface area contributed by atoms with E-state index in [-0.39, 0.29) is 23.1 Å². The maximum atomic E-state index is 12.7. The summed E-state index contributed by atoms with van der Waals surface area (Å²) < 4.78 is 31.9. The summed E-state index contributed by atoms with van der Waals surface area (Å²) in [7, 11) is 8.96. The van der Waals surface area contributed by atoms with Gasteiger partial charge in [-0.15, -0.1) is 0 Å². The van der Waals surface area contributed by atoms with Gasteiger partial charge in [0, 0.05) is 76.0 Å². The Morgan fingerprint density at radius 1 is 0.281 bits per heavy atom. The number of carbonyl (C=O) groups is 4. The molecule has 0 unspecified atom stereocenters. The van der Waals surface area contributed by atoms with E-state index in [1.54, 1.807) is 90.4 Å². The Morgan fingerprint density at radius 2 is 0.469 bits per heavy atom. The van der Waals surface area contributed by atoms with Gasteiger partial charge in [-0.1, -0.05) is 182 Å². The number of Topliss-reactive ketones (excluding diaryl/α,β-unsaturated/α-hetero) is 4. The monoisotopic (exact) mass is 868 g/mol. The van der Waals surface area contributed by atoms with Crippen LogP contribution in [0.2, 0.25) is 0 Å². The van der Waals surface area contributed by atoms with Gasteiger partial charge in [0.05, 0.1) is 0 Å². The Balaban J connectivity index is 0.000000231. The van der Waals surface area contributed by atoms with Crippen molar-refractivity contribution in [3.05, 3.63) is 215 Å². The van der Waals surface area contributed by atoms with Crippen LogP contribution >= 0.6 is 0 Å². The van der Waals surface area contributed by atoms with Crippen molar-refractivity contribution in [1.82, 2.24) is 0 Å². The fourth-order valence-corrected chi connectivity index (χ4v) is 6.20. The normalized spacial score (nSPS) is 11.3. The summed E-state index contributed by atoms with van der Waals surface area (Å²) in [5.74, 6) is -3.22. The van der Waals surface area contributed by atoms with Crippen molar-refractivity contribution in [2.45, 2.75) is 50.5 Å². The SMILES string of the molecule is COC(C)(C)C(=O)c1ccccc1.COC(C)(C)C(=O)c1ccccc1.COC(OC)(C(=O)c1ccccc1)c1ccccc1.COC(OC)(C(=O)c1ccccc1)c1ccccc1. The van der Waals surface area contributed by atoms with Crippen molar-refractivity contribution >= 4 is 23.1 Å². The maximum Gasteiger partial charge on any atom is 0.260 e. The topological polar surface area (TPSA) is 124 Å². The molecule has 6 rings (SSSR count). The molecule has 0 radical (unpaired) electrons. The van der Waals surface area contributed by atoms with Crippen molar-refractivity contribution in [3.8, 4) is 0 Å². The summed E-state index contributed by atoms with van der Waals surface area (Å²) in [5, 5.41) is 0. The first-order valence-electron chi connectivity index (χ1n) is 20.5. The van der Waals surface area contributed by atoms with Gasteiger partial charge in [-0.3, -0.25) is 19.2 Å². The summed E-state index contributed by atoms with van der Waals surface area (Å²) in [6.45, 7) is 7.06. The lowest BCUT2D eigenvalue weighted by Crippen LogP contribution is -2.39. The van der Waals surface area contributed by atoms with Crippen LogP contribution in [-0.4, -0.2) is 77.0 Å². The molecule has 0 saturated heterocycles. The molecular weight excluding hydrogens is 809 g/mol. The average molecular weight is 869 g/mol. The molecule has 0 aliphatic carbocycles. The third-order valence-electron chi connectivity index (χ3n) is 10.3. The Hall–Kier alpha value is -6.24. The molecule has 10 nitrogen and oxygen atoms in total. The van der Waals surface area contributed by atoms with Crippen LogP contribution in [0.3, 0.4) is 0 Å². The number of ether oxygens (including phenoxy) is 6. The molecule has 0 aliphatic rings. The average Bonchev–Trinajstić information content (AvgIpc) is 3.36. The molecule has 336 valence electrons. The fraction of sp³-hybridized carbons (Fsp3) is 0.259. The second-order valence-electron chi connectivity index (χ2n) is 15.0. The van der Waals surface area contributed by atoms with Gasteiger partial charge >= 0.3 is 0 Å². The third-order valence-corrected chi connectivity index (χ3v) is 10.3. The lowest BCUT2D eigenvalue weighted by molar-refractivity contribution is -0.176. The molecule has 6 aromatic rings. The van der Waals surface area contributed by atoms with Gasteiger partial charge in [0.2, 0.25) is 11.6 Å². The number of benzene rings is 6. The summed E-state index contributed by atoms with van der Waals surface area (Å²) in [6.07, 6.45) is 0. The third kappa shape index (κ3) is 13.4. The number of hydrogen-bond acceptors (Lipinski definition) is 10. The first kappa shape index (κ1) is 52.1. The quantitative estimate of drug-likeness (QED) is 0.0686. The van der Waals surface area contributed by atoms with Crippen LogP contribution in [0.15, 0.2) is 182 Å². The molecular formula is C54H60O10. The Labute approximate surface area is 378 Å². The molecule has 0 fully saturated rings. The molecule has 0 heterocycles. The summed E-state index contributed by atoms with van der Waals surface area (Å²) in [6, 6.07) is 54.7. The summed E-state index contributed by atoms with van der Waals surface area (Å²) in [5.41, 5.74) is 2.36. The number of ketones is 4. The smallest absolute Gasteiger partial charge is 0.260 e. The number of carbonyl (C=O) groups excluding carboxylic acids is 4. The van der Waals surface area contributed by atoms with E-state index in [9.17, 15) is 19.2 Å². The highest BCUT2D eigenvalue weighted by Gasteiger charge is 2.42. The minimum absolute atomic E-state index is 0.00981. The van der Waals surface area contributed by atoms with E-state index < -0.39 is 22.8 Å². The molecule has 0 bridgehead atoms. The molecule has 0 aliphatic heterocycles. The van der Waals surface area contributed by atoms with Gasteiger partial charge in [-0.05, 0) is 27.7 Å². The van der Waals surface area contributed by atoms with Crippen molar-refractivity contribution in [2.75, 3.05) is 42.7 Å². The van der Waals surface area contributed by atoms with Crippen LogP contribution in [-0.2, 0) is 40.0 Å². The zero-order valence-electron chi connectivity index (χ0n) is 38.4. The predicted octanol–water partition coefficient (Wildman–Crippen LogP) is 10.6. The standard InChI is InChI=1S/2C16H16O3.2C11H14O2/c2*1-18-16(19-2,14-11-7-4-8-12-14)15(17)13-9-5-3-6-10-13;2*1-11(2,13-3)10(12)9-7-5-4-6-8-9/h2*3-12H,1-2H3;2*4-8H,1-3H3. The van der Waals surface area contributed by atoms with E-state index in [4.69, 9.17) is 28.4 Å². The van der Waals surface area contributed by atoms with E-state index in [0.717, 1.165) is 0 Å². The maximum absolute atomic E-state index is 12.7. The van der Waals surface area contributed by atoms with Gasteiger partial charge in [0.1, 0.15) is 11.2 Å². The van der Waals surface area contributed by atoms with Crippen molar-refractivity contribution in [1.29, 1.82) is 0 Å². The van der Waals surface area contributed by atoms with Crippen LogP contribution < -0.4 is 0 Å². The second kappa shape index (κ2) is 25.2. The summed E-state index contributed by atoms with van der Waals surface area (Å²) in [4.78, 5) is 48.9. The second-order valence-corrected chi connectivity index (χ2v) is 15.0. The minimum Gasteiger partial charge on any atom is -0.371 e. The molecule has 0 N–H and O–H groups in total. The Bertz CT molecular complexity index is 2120. The molecule has 0 saturated carbocycles. The van der Waals surface area contributed by atoms with Gasteiger partial charge in [-0.25, -0.2) is 0 Å². The van der Waals surface area contributed by atoms with Crippen LogP contribution in [0.4, 0.5) is 0 Å². The molecule has 0 aromatic heterocycles. The zero-order valence-corrected chi connectivity index (χ0v) is 38.4. The number of hydrogen-bond donors (Lipinski definition) is 0. The predicted molar refractivity (Wildman–Crippen MR) is 250 cm³/mol. The number of methoxy groups -OCH3 is 6. The first-order valence-corrected chi connectivity index (χ1v) is 20.5. The van der Waals surface area contributed by atoms with E-state index >= 15 is 0 Å². The van der Waals surface area contributed by atoms with E-state index in [2.05, 4.69) is 0 Å². The van der Waals surface area contributed by atoms with E-state index in [1.807, 2.05) is 133 Å². The molecule has 6 aromatic carbocycles. The van der Waals surface area contributed by atoms with Crippen LogP contribution in [0.1, 0.15) is 80.3 Å². The van der Waals surface area contributed by atoms with Crippen molar-refractivity contribution in [2.24, 2.45) is 0 Å². The van der Waals surface area contributed by atoms with Crippen molar-refractivity contribution < 1.29 is 47.6 Å². The minimum atomic E-state index is -1.40. The van der Waals surface area contributed by atoms with Crippen molar-refractivity contribution in [3.63, 3.8) is 0 Å². The molecule has 0 spiro atoms. The highest BCUT2D eigenvalue weighted by molar-refractivity contribution is 6.03. The highest BCUT2D eigenvalue weighted by Crippen LogP contribution is 2.31. The number of rotatable bonds is 16. The lowest BCUT2D eigenvalue weighted by Gasteiger charge is -2.29. The van der Waals surface area contributed by atoms with Gasteiger partial charge in [-0.2, -0.15) is 0 Å². The van der Waals surface area contributed by atoms with E-state index in [0.29, 0.717) is 33.4 Å².